The largest absolute Gasteiger partial charge is 0.362 e. The summed E-state index contributed by atoms with van der Waals surface area (Å²) in [6.07, 6.45) is 0.801. The Bertz CT molecular complexity index is 321. The number of hydrogen-bond donors (Lipinski definition) is 2. The first-order valence-electron chi connectivity index (χ1n) is 4.61. The Kier molecular flexibility index (Phi) is 3.24. The van der Waals surface area contributed by atoms with Crippen LogP contribution < -0.4 is 16.2 Å². The number of nitrogens with two attached hydrogens (primary N) is 1. The third kappa shape index (κ3) is 1.93. The van der Waals surface area contributed by atoms with Gasteiger partial charge in [-0.1, -0.05) is 6.92 Å². The SMILES string of the molecule is CCc1nc(NN)c(C)c(N(C)C)n1. The van der Waals surface area contributed by atoms with E-state index in [-0.39, 0.29) is 0 Å². The first kappa shape index (κ1) is 10.7. The van der Waals surface area contributed by atoms with Crippen molar-refractivity contribution in [2.24, 2.45) is 5.84 Å². The molecule has 1 heterocycles. The molecule has 0 atom stereocenters. The van der Waals surface area contributed by atoms with Crippen molar-refractivity contribution >= 4 is 11.6 Å². The zero-order valence-electron chi connectivity index (χ0n) is 9.13. The minimum atomic E-state index is 0.695. The van der Waals surface area contributed by atoms with Gasteiger partial charge in [0.05, 0.1) is 0 Å². The fourth-order valence-corrected chi connectivity index (χ4v) is 1.28. The molecule has 3 N–H and O–H groups in total. The Labute approximate surface area is 84.3 Å². The minimum Gasteiger partial charge on any atom is -0.362 e. The minimum absolute atomic E-state index is 0.695. The van der Waals surface area contributed by atoms with Crippen LogP contribution in [0.1, 0.15) is 18.3 Å². The molecule has 78 valence electrons. The predicted molar refractivity (Wildman–Crippen MR) is 58.3 cm³/mol. The lowest BCUT2D eigenvalue weighted by atomic mass is 10.3. The summed E-state index contributed by atoms with van der Waals surface area (Å²) in [7, 11) is 3.91. The fraction of sp³-hybridized carbons (Fsp3) is 0.556. The van der Waals surface area contributed by atoms with E-state index in [0.717, 1.165) is 23.6 Å². The summed E-state index contributed by atoms with van der Waals surface area (Å²) in [6.45, 7) is 3.97. The lowest BCUT2D eigenvalue weighted by Crippen LogP contribution is -2.18. The molecule has 0 aromatic carbocycles. The Morgan fingerprint density at radius 2 is 2.00 bits per heavy atom. The number of nitrogen functional groups attached to an aromatic ring is 1. The average Bonchev–Trinajstić information content (AvgIpc) is 2.17. The van der Waals surface area contributed by atoms with E-state index < -0.39 is 0 Å². The van der Waals surface area contributed by atoms with E-state index in [1.807, 2.05) is 32.8 Å². The first-order chi connectivity index (χ1) is 6.60. The van der Waals surface area contributed by atoms with Gasteiger partial charge >= 0.3 is 0 Å². The number of anilines is 2. The first-order valence-corrected chi connectivity index (χ1v) is 4.61. The normalized spacial score (nSPS) is 10.1. The second kappa shape index (κ2) is 4.23. The van der Waals surface area contributed by atoms with Gasteiger partial charge in [-0.05, 0) is 6.92 Å². The van der Waals surface area contributed by atoms with E-state index in [9.17, 15) is 0 Å². The molecule has 0 bridgehead atoms. The van der Waals surface area contributed by atoms with E-state index >= 15 is 0 Å². The number of aromatic nitrogens is 2. The smallest absolute Gasteiger partial charge is 0.148 e. The second-order valence-electron chi connectivity index (χ2n) is 3.33. The van der Waals surface area contributed by atoms with E-state index in [1.54, 1.807) is 0 Å². The predicted octanol–water partition coefficient (Wildman–Crippen LogP) is 0.699. The molecule has 0 aliphatic heterocycles. The van der Waals surface area contributed by atoms with Crippen LogP contribution in [0.2, 0.25) is 0 Å². The van der Waals surface area contributed by atoms with Crippen LogP contribution in [0.5, 0.6) is 0 Å². The van der Waals surface area contributed by atoms with Crippen LogP contribution in [-0.4, -0.2) is 24.1 Å². The van der Waals surface area contributed by atoms with Crippen molar-refractivity contribution < 1.29 is 0 Å². The summed E-state index contributed by atoms with van der Waals surface area (Å²) in [5.74, 6) is 7.79. The van der Waals surface area contributed by atoms with Gasteiger partial charge in [-0.2, -0.15) is 0 Å². The maximum Gasteiger partial charge on any atom is 0.148 e. The fourth-order valence-electron chi connectivity index (χ4n) is 1.28. The van der Waals surface area contributed by atoms with Crippen molar-refractivity contribution in [3.63, 3.8) is 0 Å². The van der Waals surface area contributed by atoms with Crippen LogP contribution in [-0.2, 0) is 6.42 Å². The van der Waals surface area contributed by atoms with Gasteiger partial charge in [0.1, 0.15) is 17.5 Å². The standard InChI is InChI=1S/C9H17N5/c1-5-7-11-8(13-10)6(2)9(12-7)14(3)4/h5,10H2,1-4H3,(H,11,12,13). The number of nitrogens with one attached hydrogen (secondary N) is 1. The van der Waals surface area contributed by atoms with Gasteiger partial charge in [0, 0.05) is 26.1 Å². The number of rotatable bonds is 3. The number of nitrogens with zero attached hydrogens (tertiary/aromatic N) is 3. The van der Waals surface area contributed by atoms with Crippen molar-refractivity contribution in [3.8, 4) is 0 Å². The molecule has 0 saturated heterocycles. The molecule has 5 heteroatoms. The molecule has 14 heavy (non-hydrogen) atoms. The highest BCUT2D eigenvalue weighted by molar-refractivity contribution is 5.57. The molecule has 0 amide bonds. The van der Waals surface area contributed by atoms with Gasteiger partial charge < -0.3 is 10.3 Å². The molecule has 0 unspecified atom stereocenters. The highest BCUT2D eigenvalue weighted by Gasteiger charge is 2.10. The molecule has 1 aromatic heterocycles. The lowest BCUT2D eigenvalue weighted by Gasteiger charge is -2.17. The van der Waals surface area contributed by atoms with Crippen LogP contribution in [0.15, 0.2) is 0 Å². The second-order valence-corrected chi connectivity index (χ2v) is 3.33. The van der Waals surface area contributed by atoms with Crippen LogP contribution in [0.3, 0.4) is 0 Å². The Morgan fingerprint density at radius 3 is 2.43 bits per heavy atom. The topological polar surface area (TPSA) is 67.1 Å². The Balaban J connectivity index is 3.27. The summed E-state index contributed by atoms with van der Waals surface area (Å²) < 4.78 is 0. The molecule has 1 rings (SSSR count). The van der Waals surface area contributed by atoms with Crippen LogP contribution in [0, 0.1) is 6.92 Å². The summed E-state index contributed by atoms with van der Waals surface area (Å²) in [5.41, 5.74) is 3.55. The molecule has 0 aliphatic carbocycles. The van der Waals surface area contributed by atoms with Gasteiger partial charge in [0.2, 0.25) is 0 Å². The van der Waals surface area contributed by atoms with Crippen molar-refractivity contribution in [1.82, 2.24) is 9.97 Å². The maximum atomic E-state index is 5.38. The zero-order chi connectivity index (χ0) is 10.7. The number of hydrazine groups is 1. The Hall–Kier alpha value is -1.36. The summed E-state index contributed by atoms with van der Waals surface area (Å²) in [4.78, 5) is 10.7. The van der Waals surface area contributed by atoms with Crippen molar-refractivity contribution in [3.05, 3.63) is 11.4 Å². The number of aryl methyl sites for hydroxylation is 1. The zero-order valence-corrected chi connectivity index (χ0v) is 9.13. The van der Waals surface area contributed by atoms with E-state index in [2.05, 4.69) is 15.4 Å². The quantitative estimate of drug-likeness (QED) is 0.549. The van der Waals surface area contributed by atoms with Gasteiger partial charge in [-0.15, -0.1) is 0 Å². The molecule has 0 radical (unpaired) electrons. The summed E-state index contributed by atoms with van der Waals surface area (Å²) in [6, 6.07) is 0. The highest BCUT2D eigenvalue weighted by atomic mass is 15.3. The van der Waals surface area contributed by atoms with E-state index in [4.69, 9.17) is 5.84 Å². The molecule has 0 fully saturated rings. The Morgan fingerprint density at radius 1 is 1.36 bits per heavy atom. The van der Waals surface area contributed by atoms with Crippen LogP contribution in [0.25, 0.3) is 0 Å². The highest BCUT2D eigenvalue weighted by Crippen LogP contribution is 2.21. The van der Waals surface area contributed by atoms with E-state index in [0.29, 0.717) is 5.82 Å². The van der Waals surface area contributed by atoms with Gasteiger partial charge in [0.25, 0.3) is 0 Å². The number of hydrogen-bond acceptors (Lipinski definition) is 5. The molecular weight excluding hydrogens is 178 g/mol. The molecule has 0 spiro atoms. The molecule has 0 aliphatic rings. The van der Waals surface area contributed by atoms with Crippen molar-refractivity contribution in [2.75, 3.05) is 24.4 Å². The monoisotopic (exact) mass is 195 g/mol. The van der Waals surface area contributed by atoms with Crippen LogP contribution in [0.4, 0.5) is 11.6 Å². The van der Waals surface area contributed by atoms with Gasteiger partial charge in [-0.25, -0.2) is 15.8 Å². The third-order valence-electron chi connectivity index (χ3n) is 2.04. The van der Waals surface area contributed by atoms with Crippen molar-refractivity contribution in [1.29, 1.82) is 0 Å². The molecule has 0 saturated carbocycles. The summed E-state index contributed by atoms with van der Waals surface area (Å²) >= 11 is 0. The molecule has 5 nitrogen and oxygen atoms in total. The van der Waals surface area contributed by atoms with Gasteiger partial charge in [-0.3, -0.25) is 0 Å². The van der Waals surface area contributed by atoms with Crippen LogP contribution >= 0.6 is 0 Å². The van der Waals surface area contributed by atoms with Gasteiger partial charge in [0.15, 0.2) is 0 Å². The van der Waals surface area contributed by atoms with E-state index in [1.165, 1.54) is 0 Å². The summed E-state index contributed by atoms with van der Waals surface area (Å²) in [5, 5.41) is 0. The molecular formula is C9H17N5. The maximum absolute atomic E-state index is 5.38. The lowest BCUT2D eigenvalue weighted by molar-refractivity contribution is 0.904. The van der Waals surface area contributed by atoms with Crippen molar-refractivity contribution in [2.45, 2.75) is 20.3 Å². The average molecular weight is 195 g/mol. The molecule has 1 aromatic rings. The third-order valence-corrected chi connectivity index (χ3v) is 2.04.